The van der Waals surface area contributed by atoms with Crippen LogP contribution in [0.2, 0.25) is 0 Å². The molecule has 1 aliphatic heterocycles. The Kier molecular flexibility index (Phi) is 4.11. The summed E-state index contributed by atoms with van der Waals surface area (Å²) in [6.45, 7) is 5.95. The summed E-state index contributed by atoms with van der Waals surface area (Å²) in [6, 6.07) is 4.61. The molecule has 20 heavy (non-hydrogen) atoms. The Balaban J connectivity index is 1.79. The van der Waals surface area contributed by atoms with Crippen molar-refractivity contribution in [1.29, 1.82) is 0 Å². The zero-order valence-electron chi connectivity index (χ0n) is 12.1. The van der Waals surface area contributed by atoms with Crippen LogP contribution >= 0.6 is 15.9 Å². The van der Waals surface area contributed by atoms with Gasteiger partial charge in [0.05, 0.1) is 5.69 Å². The first kappa shape index (κ1) is 14.1. The molecule has 110 valence electrons. The second-order valence-corrected chi connectivity index (χ2v) is 6.98. The molecule has 3 atom stereocenters. The first-order valence-electron chi connectivity index (χ1n) is 7.49. The van der Waals surface area contributed by atoms with E-state index in [4.69, 9.17) is 9.47 Å². The van der Waals surface area contributed by atoms with Crippen molar-refractivity contribution in [2.24, 2.45) is 11.8 Å². The van der Waals surface area contributed by atoms with E-state index in [2.05, 4.69) is 41.2 Å². The van der Waals surface area contributed by atoms with Crippen LogP contribution in [0.25, 0.3) is 0 Å². The summed E-state index contributed by atoms with van der Waals surface area (Å²) in [5.41, 5.74) is 1.11. The number of anilines is 1. The molecule has 0 saturated heterocycles. The van der Waals surface area contributed by atoms with Crippen LogP contribution in [0.5, 0.6) is 11.5 Å². The molecule has 1 aromatic rings. The van der Waals surface area contributed by atoms with Crippen LogP contribution in [0.15, 0.2) is 16.6 Å². The van der Waals surface area contributed by atoms with Crippen molar-refractivity contribution < 1.29 is 9.47 Å². The molecule has 0 spiro atoms. The lowest BCUT2D eigenvalue weighted by Gasteiger charge is -2.34. The van der Waals surface area contributed by atoms with Crippen LogP contribution in [-0.2, 0) is 0 Å². The third kappa shape index (κ3) is 2.90. The summed E-state index contributed by atoms with van der Waals surface area (Å²) >= 11 is 3.64. The minimum Gasteiger partial charge on any atom is -0.486 e. The van der Waals surface area contributed by atoms with Gasteiger partial charge in [-0.25, -0.2) is 0 Å². The second kappa shape index (κ2) is 5.84. The molecule has 1 aromatic carbocycles. The number of halogens is 1. The molecular weight excluding hydrogens is 318 g/mol. The summed E-state index contributed by atoms with van der Waals surface area (Å²) in [7, 11) is 0. The molecule has 0 radical (unpaired) electrons. The highest BCUT2D eigenvalue weighted by molar-refractivity contribution is 9.10. The van der Waals surface area contributed by atoms with E-state index >= 15 is 0 Å². The topological polar surface area (TPSA) is 30.5 Å². The van der Waals surface area contributed by atoms with Crippen LogP contribution in [0, 0.1) is 11.8 Å². The first-order valence-corrected chi connectivity index (χ1v) is 8.28. The normalized spacial score (nSPS) is 29.1. The SMILES string of the molecule is CC1CCC(C)C(Nc2cc3c(cc2Br)OCCO3)C1. The molecule has 4 heteroatoms. The summed E-state index contributed by atoms with van der Waals surface area (Å²) in [5, 5.41) is 3.70. The van der Waals surface area contributed by atoms with Gasteiger partial charge in [-0.3, -0.25) is 0 Å². The molecule has 2 aliphatic rings. The van der Waals surface area contributed by atoms with Gasteiger partial charge in [-0.15, -0.1) is 0 Å². The van der Waals surface area contributed by atoms with Crippen LogP contribution < -0.4 is 14.8 Å². The molecule has 1 aliphatic carbocycles. The zero-order valence-corrected chi connectivity index (χ0v) is 13.7. The van der Waals surface area contributed by atoms with Crippen molar-refractivity contribution in [2.75, 3.05) is 18.5 Å². The molecule has 1 heterocycles. The Labute approximate surface area is 129 Å². The van der Waals surface area contributed by atoms with E-state index in [0.29, 0.717) is 25.2 Å². The summed E-state index contributed by atoms with van der Waals surface area (Å²) in [6.07, 6.45) is 3.89. The van der Waals surface area contributed by atoms with Crippen molar-refractivity contribution in [1.82, 2.24) is 0 Å². The van der Waals surface area contributed by atoms with E-state index in [1.165, 1.54) is 19.3 Å². The maximum atomic E-state index is 5.67. The maximum absolute atomic E-state index is 5.67. The van der Waals surface area contributed by atoms with Crippen LogP contribution in [0.3, 0.4) is 0 Å². The molecule has 3 rings (SSSR count). The van der Waals surface area contributed by atoms with E-state index < -0.39 is 0 Å². The van der Waals surface area contributed by atoms with Crippen molar-refractivity contribution in [3.05, 3.63) is 16.6 Å². The van der Waals surface area contributed by atoms with Crippen LogP contribution in [0.4, 0.5) is 5.69 Å². The van der Waals surface area contributed by atoms with Crippen LogP contribution in [0.1, 0.15) is 33.1 Å². The third-order valence-corrected chi connectivity index (χ3v) is 5.09. The molecule has 1 saturated carbocycles. The summed E-state index contributed by atoms with van der Waals surface area (Å²) in [5.74, 6) is 3.20. The van der Waals surface area contributed by atoms with Gasteiger partial charge in [0.15, 0.2) is 11.5 Å². The molecule has 3 nitrogen and oxygen atoms in total. The lowest BCUT2D eigenvalue weighted by Crippen LogP contribution is -2.33. The number of rotatable bonds is 2. The Morgan fingerprint density at radius 2 is 1.80 bits per heavy atom. The average Bonchev–Trinajstić information content (AvgIpc) is 2.43. The smallest absolute Gasteiger partial charge is 0.163 e. The number of hydrogen-bond donors (Lipinski definition) is 1. The minimum absolute atomic E-state index is 0.539. The highest BCUT2D eigenvalue weighted by Gasteiger charge is 2.26. The molecule has 0 amide bonds. The average molecular weight is 340 g/mol. The highest BCUT2D eigenvalue weighted by atomic mass is 79.9. The van der Waals surface area contributed by atoms with Gasteiger partial charge in [-0.05, 0) is 40.6 Å². The number of nitrogens with one attached hydrogen (secondary N) is 1. The molecular formula is C16H22BrNO2. The molecule has 3 unspecified atom stereocenters. The van der Waals surface area contributed by atoms with Gasteiger partial charge >= 0.3 is 0 Å². The van der Waals surface area contributed by atoms with Crippen molar-refractivity contribution >= 4 is 21.6 Å². The Hall–Kier alpha value is -0.900. The summed E-state index contributed by atoms with van der Waals surface area (Å²) < 4.78 is 12.3. The van der Waals surface area contributed by atoms with Gasteiger partial charge < -0.3 is 14.8 Å². The molecule has 1 N–H and O–H groups in total. The fourth-order valence-corrected chi connectivity index (χ4v) is 3.54. The lowest BCUT2D eigenvalue weighted by atomic mass is 9.80. The van der Waals surface area contributed by atoms with Gasteiger partial charge in [0.1, 0.15) is 13.2 Å². The van der Waals surface area contributed by atoms with Crippen molar-refractivity contribution in [2.45, 2.75) is 39.2 Å². The summed E-state index contributed by atoms with van der Waals surface area (Å²) in [4.78, 5) is 0. The predicted octanol–water partition coefficient (Wildman–Crippen LogP) is 4.46. The van der Waals surface area contributed by atoms with Gasteiger partial charge in [-0.1, -0.05) is 20.3 Å². The Morgan fingerprint density at radius 3 is 2.55 bits per heavy atom. The van der Waals surface area contributed by atoms with E-state index in [9.17, 15) is 0 Å². The van der Waals surface area contributed by atoms with E-state index in [0.717, 1.165) is 27.6 Å². The standard InChI is InChI=1S/C16H22BrNO2/c1-10-3-4-11(2)13(7-10)18-14-9-16-15(8-12(14)17)19-5-6-20-16/h8-11,13,18H,3-7H2,1-2H3. The number of benzene rings is 1. The second-order valence-electron chi connectivity index (χ2n) is 6.12. The minimum atomic E-state index is 0.539. The zero-order chi connectivity index (χ0) is 14.1. The molecule has 0 bridgehead atoms. The largest absolute Gasteiger partial charge is 0.486 e. The molecule has 0 aromatic heterocycles. The highest BCUT2D eigenvalue weighted by Crippen LogP contribution is 2.40. The fourth-order valence-electron chi connectivity index (χ4n) is 3.11. The van der Waals surface area contributed by atoms with Gasteiger partial charge in [-0.2, -0.15) is 0 Å². The van der Waals surface area contributed by atoms with Gasteiger partial charge in [0.2, 0.25) is 0 Å². The van der Waals surface area contributed by atoms with Crippen molar-refractivity contribution in [3.63, 3.8) is 0 Å². The first-order chi connectivity index (χ1) is 9.63. The Bertz CT molecular complexity index is 492. The van der Waals surface area contributed by atoms with Gasteiger partial charge in [0, 0.05) is 22.6 Å². The number of ether oxygens (including phenoxy) is 2. The van der Waals surface area contributed by atoms with Crippen LogP contribution in [-0.4, -0.2) is 19.3 Å². The van der Waals surface area contributed by atoms with E-state index in [1.807, 2.05) is 6.07 Å². The Morgan fingerprint density at radius 1 is 1.10 bits per heavy atom. The van der Waals surface area contributed by atoms with Gasteiger partial charge in [0.25, 0.3) is 0 Å². The number of hydrogen-bond acceptors (Lipinski definition) is 3. The van der Waals surface area contributed by atoms with Crippen molar-refractivity contribution in [3.8, 4) is 11.5 Å². The fraction of sp³-hybridized carbons (Fsp3) is 0.625. The predicted molar refractivity (Wildman–Crippen MR) is 84.7 cm³/mol. The number of fused-ring (bicyclic) bond motifs is 1. The molecule has 1 fully saturated rings. The maximum Gasteiger partial charge on any atom is 0.163 e. The quantitative estimate of drug-likeness (QED) is 0.862. The lowest BCUT2D eigenvalue weighted by molar-refractivity contribution is 0.171. The third-order valence-electron chi connectivity index (χ3n) is 4.43. The van der Waals surface area contributed by atoms with E-state index in [1.54, 1.807) is 0 Å². The monoisotopic (exact) mass is 339 g/mol. The van der Waals surface area contributed by atoms with E-state index in [-0.39, 0.29) is 0 Å².